The van der Waals surface area contributed by atoms with Gasteiger partial charge < -0.3 is 28.5 Å². The van der Waals surface area contributed by atoms with Crippen LogP contribution in [0.5, 0.6) is 0 Å². The molecule has 0 bridgehead atoms. The topological polar surface area (TPSA) is 101 Å². The first kappa shape index (κ1) is 30.3. The number of hydrogen-bond acceptors (Lipinski definition) is 8. The Morgan fingerprint density at radius 1 is 0.711 bits per heavy atom. The molecule has 0 aliphatic heterocycles. The van der Waals surface area contributed by atoms with Crippen LogP contribution in [0.3, 0.4) is 0 Å². The highest BCUT2D eigenvalue weighted by atomic mass is 35.6. The number of ether oxygens (including phenoxy) is 4. The van der Waals surface area contributed by atoms with Crippen LogP contribution in [-0.2, 0) is 36.6 Å². The maximum atomic E-state index is 11.4. The van der Waals surface area contributed by atoms with Gasteiger partial charge in [-0.05, 0) is 58.6 Å². The Balaban J connectivity index is 0.000000872. The van der Waals surface area contributed by atoms with E-state index in [1.54, 1.807) is 24.3 Å². The number of halogens is 1. The van der Waals surface area contributed by atoms with E-state index in [4.69, 9.17) is 41.1 Å². The minimum absolute atomic E-state index is 0.158. The predicted octanol–water partition coefficient (Wildman–Crippen LogP) is 8.22. The highest BCUT2D eigenvalue weighted by Gasteiger charge is 2.36. The zero-order valence-electron chi connectivity index (χ0n) is 36.7. The van der Waals surface area contributed by atoms with Crippen molar-refractivity contribution in [1.29, 1.82) is 0 Å². The predicted molar refractivity (Wildman–Crippen MR) is 188 cm³/mol. The van der Waals surface area contributed by atoms with Gasteiger partial charge in [-0.15, -0.1) is 0 Å². The first-order valence-corrected chi connectivity index (χ1v) is 21.2. The average molecular weight is 693 g/mol. The van der Waals surface area contributed by atoms with Crippen LogP contribution in [0.25, 0.3) is 0 Å². The van der Waals surface area contributed by atoms with E-state index in [0.29, 0.717) is 27.3 Å². The third kappa shape index (κ3) is 17.4. The van der Waals surface area contributed by atoms with Gasteiger partial charge in [0.05, 0.1) is 75.8 Å². The molecule has 11 heteroatoms. The monoisotopic (exact) mass is 692 g/mol. The van der Waals surface area contributed by atoms with Crippen molar-refractivity contribution in [2.75, 3.05) is 40.5 Å². The molecule has 0 saturated carbocycles. The zero-order valence-corrected chi connectivity index (χ0v) is 31.5. The Bertz CT molecular complexity index is 1440. The maximum Gasteiger partial charge on any atom is 0.337 e. The molecule has 0 unspecified atom stereocenters. The van der Waals surface area contributed by atoms with Crippen molar-refractivity contribution in [2.45, 2.75) is 91.0 Å². The maximum absolute atomic E-state index is 11.4. The van der Waals surface area contributed by atoms with E-state index in [1.807, 2.05) is 33.9 Å². The summed E-state index contributed by atoms with van der Waals surface area (Å²) in [5, 5.41) is 9.02. The van der Waals surface area contributed by atoms with Crippen molar-refractivity contribution in [1.82, 2.24) is 0 Å². The van der Waals surface area contributed by atoms with Crippen molar-refractivity contribution in [3.05, 3.63) is 70.8 Å². The summed E-state index contributed by atoms with van der Waals surface area (Å²) in [6.07, 6.45) is 0. The van der Waals surface area contributed by atoms with Crippen molar-refractivity contribution in [2.24, 2.45) is 0 Å². The summed E-state index contributed by atoms with van der Waals surface area (Å²) in [5.74, 6) is -0.957. The number of hydrogen-bond donors (Lipinski definition) is 1. The molecule has 0 fully saturated rings. The second-order valence-electron chi connectivity index (χ2n) is 13.0. The molecular formula is C34H57ClO8Si2. The number of rotatable bonds is 12. The van der Waals surface area contributed by atoms with Crippen LogP contribution >= 0.6 is 11.1 Å². The molecule has 45 heavy (non-hydrogen) atoms. The van der Waals surface area contributed by atoms with E-state index in [0.717, 1.165) is 0 Å². The highest BCUT2D eigenvalue weighted by molar-refractivity contribution is 7.20. The summed E-state index contributed by atoms with van der Waals surface area (Å²) in [7, 11) is -1.36. The first-order chi connectivity index (χ1) is 23.5. The molecule has 0 atom stereocenters. The van der Waals surface area contributed by atoms with Gasteiger partial charge >= 0.3 is 11.9 Å². The van der Waals surface area contributed by atoms with Crippen LogP contribution in [0, 0.1) is 0 Å². The van der Waals surface area contributed by atoms with Crippen LogP contribution in [0.2, 0.25) is 36.3 Å². The lowest BCUT2D eigenvalue weighted by molar-refractivity contribution is 0.0591. The molecule has 0 aromatic heterocycles. The molecule has 0 saturated heterocycles. The summed E-state index contributed by atoms with van der Waals surface area (Å²) in [6.45, 7) is 8.96. The van der Waals surface area contributed by atoms with Gasteiger partial charge in [-0.3, -0.25) is 0 Å². The molecule has 2 rings (SSSR count). The van der Waals surface area contributed by atoms with Gasteiger partial charge in [0.25, 0.3) is 0 Å². The SMILES string of the molecule is CC(C)(C)[Si](C)(C)Cl.[2H]C([2H])(O)C([2H])([2H])OCc1ccc(C(=O)OC)cc1.[2H]C([2H])(OCc1ccc(C(=O)OC)cc1)C([2H])([2H])O[Si](C)(C)C(C)(C)C. The Morgan fingerprint density at radius 3 is 1.36 bits per heavy atom. The number of methoxy groups -OCH3 is 2. The lowest BCUT2D eigenvalue weighted by atomic mass is 10.1. The summed E-state index contributed by atoms with van der Waals surface area (Å²) in [6, 6.07) is 12.3. The number of carbonyl (C=O) groups excluding carboxylic acids is 2. The lowest BCUT2D eigenvalue weighted by Crippen LogP contribution is -2.41. The third-order valence-corrected chi connectivity index (χ3v) is 16.8. The number of esters is 2. The van der Waals surface area contributed by atoms with Gasteiger partial charge in [0.1, 0.15) is 0 Å². The van der Waals surface area contributed by atoms with Gasteiger partial charge in [0.2, 0.25) is 0 Å². The Morgan fingerprint density at radius 2 is 1.07 bits per heavy atom. The van der Waals surface area contributed by atoms with E-state index in [1.165, 1.54) is 38.5 Å². The molecule has 0 aliphatic carbocycles. The second-order valence-corrected chi connectivity index (χ2v) is 25.0. The number of aliphatic hydroxyl groups is 1. The van der Waals surface area contributed by atoms with Crippen LogP contribution < -0.4 is 0 Å². The van der Waals surface area contributed by atoms with Crippen molar-refractivity contribution in [3.8, 4) is 0 Å². The molecular weight excluding hydrogens is 628 g/mol. The molecule has 0 aliphatic rings. The van der Waals surface area contributed by atoms with Crippen molar-refractivity contribution >= 4 is 38.7 Å². The largest absolute Gasteiger partial charge is 0.465 e. The second kappa shape index (κ2) is 20.2. The fourth-order valence-corrected chi connectivity index (χ4v) is 2.91. The van der Waals surface area contributed by atoms with Gasteiger partial charge in [0.15, 0.2) is 15.7 Å². The average Bonchev–Trinajstić information content (AvgIpc) is 3.00. The van der Waals surface area contributed by atoms with Crippen LogP contribution in [0.4, 0.5) is 0 Å². The molecule has 256 valence electrons. The molecule has 1 N–H and O–H groups in total. The molecule has 0 spiro atoms. The van der Waals surface area contributed by atoms with E-state index in [9.17, 15) is 9.59 Å². The lowest BCUT2D eigenvalue weighted by Gasteiger charge is -2.36. The zero-order chi connectivity index (χ0) is 42.1. The van der Waals surface area contributed by atoms with Crippen LogP contribution in [-0.4, -0.2) is 73.2 Å². The van der Waals surface area contributed by atoms with E-state index in [2.05, 4.69) is 43.3 Å². The normalized spacial score (nSPS) is 15.8. The smallest absolute Gasteiger partial charge is 0.337 e. The molecule has 0 heterocycles. The molecule has 2 aromatic carbocycles. The summed E-state index contributed by atoms with van der Waals surface area (Å²) in [4.78, 5) is 22.6. The summed E-state index contributed by atoms with van der Waals surface area (Å²) < 4.78 is 85.0. The first-order valence-electron chi connectivity index (χ1n) is 18.3. The minimum Gasteiger partial charge on any atom is -0.465 e. The Hall–Kier alpha value is -2.06. The quantitative estimate of drug-likeness (QED) is 0.135. The van der Waals surface area contributed by atoms with E-state index < -0.39 is 53.9 Å². The van der Waals surface area contributed by atoms with Crippen molar-refractivity contribution < 1.29 is 49.0 Å². The number of benzene rings is 2. The number of carbonyl (C=O) groups is 2. The molecule has 0 radical (unpaired) electrons. The van der Waals surface area contributed by atoms with Gasteiger partial charge in [-0.25, -0.2) is 9.59 Å². The molecule has 0 amide bonds. The van der Waals surface area contributed by atoms with Gasteiger partial charge in [0, 0.05) is 0 Å². The Labute approximate surface area is 289 Å². The Kier molecular flexibility index (Phi) is 13.6. The van der Waals surface area contributed by atoms with Crippen molar-refractivity contribution in [3.63, 3.8) is 0 Å². The van der Waals surface area contributed by atoms with E-state index >= 15 is 0 Å². The fraction of sp³-hybridized carbons (Fsp3) is 0.588. The molecule has 8 nitrogen and oxygen atoms in total. The molecule has 2 aromatic rings. The third-order valence-electron chi connectivity index (χ3n) is 7.36. The van der Waals surface area contributed by atoms with Gasteiger partial charge in [-0.2, -0.15) is 11.1 Å². The van der Waals surface area contributed by atoms with Crippen LogP contribution in [0.15, 0.2) is 48.5 Å². The summed E-state index contributed by atoms with van der Waals surface area (Å²) in [5.41, 5.74) is 1.84. The standard InChI is InChI=1S/C17H28O4Si.C11H14O4.C6H15ClSi/c1-17(2,3)22(5,6)21-12-11-20-13-14-7-9-15(10-8-14)16(18)19-4;1-14-11(13)10-4-2-9(3-5-10)8-15-7-6-12;1-6(2,3)8(4,5)7/h7-10H,11-13H2,1-6H3;2-5,12H,6-8H2,1H3;1-5H3/i11D2,12D2;6D2,7D2;. The summed E-state index contributed by atoms with van der Waals surface area (Å²) >= 11 is 6.15. The van der Waals surface area contributed by atoms with E-state index in [-0.39, 0.29) is 18.3 Å². The van der Waals surface area contributed by atoms with Gasteiger partial charge in [-0.1, -0.05) is 78.9 Å². The fourth-order valence-electron chi connectivity index (χ4n) is 2.31. The van der Waals surface area contributed by atoms with Crippen LogP contribution in [0.1, 0.15) is 84.4 Å². The highest BCUT2D eigenvalue weighted by Crippen LogP contribution is 2.38. The minimum atomic E-state index is -3.10.